The molecule has 0 aliphatic rings. The Labute approximate surface area is 104 Å². The van der Waals surface area contributed by atoms with Gasteiger partial charge in [-0.3, -0.25) is 0 Å². The number of ether oxygens (including phenoxy) is 2. The molecule has 0 bridgehead atoms. The van der Waals surface area contributed by atoms with E-state index < -0.39 is 0 Å². The molecule has 90 valence electrons. The molecule has 0 saturated heterocycles. The summed E-state index contributed by atoms with van der Waals surface area (Å²) in [6, 6.07) is 13.2. The van der Waals surface area contributed by atoms with Crippen molar-refractivity contribution in [3.05, 3.63) is 54.9 Å². The third-order valence-electron chi connectivity index (χ3n) is 2.62. The number of methoxy groups -OCH3 is 1. The first-order valence-corrected chi connectivity index (χ1v) is 5.61. The molecule has 0 unspecified atom stereocenters. The predicted octanol–water partition coefficient (Wildman–Crippen LogP) is 3.14. The molecule has 0 N–H and O–H groups in total. The summed E-state index contributed by atoms with van der Waals surface area (Å²) in [5, 5.41) is 0. The highest BCUT2D eigenvalue weighted by atomic mass is 16.5. The van der Waals surface area contributed by atoms with Crippen molar-refractivity contribution in [2.75, 3.05) is 7.11 Å². The maximum Gasteiger partial charge on any atom is 0.238 e. The van der Waals surface area contributed by atoms with E-state index in [1.807, 2.05) is 59.3 Å². The van der Waals surface area contributed by atoms with Gasteiger partial charge in [0.25, 0.3) is 0 Å². The number of benzene rings is 1. The molecular weight excluding hydrogens is 228 g/mol. The van der Waals surface area contributed by atoms with E-state index in [0.29, 0.717) is 5.88 Å². The van der Waals surface area contributed by atoms with Crippen LogP contribution in [0.15, 0.2) is 54.9 Å². The number of rotatable bonds is 3. The van der Waals surface area contributed by atoms with E-state index in [-0.39, 0.29) is 0 Å². The minimum absolute atomic E-state index is 0.575. The van der Waals surface area contributed by atoms with Gasteiger partial charge in [0.2, 0.25) is 5.88 Å². The summed E-state index contributed by atoms with van der Waals surface area (Å²) in [5.74, 6) is 2.11. The van der Waals surface area contributed by atoms with E-state index in [1.54, 1.807) is 7.11 Å². The molecule has 1 aromatic carbocycles. The Morgan fingerprint density at radius 1 is 1.00 bits per heavy atom. The van der Waals surface area contributed by atoms with Crippen molar-refractivity contribution < 1.29 is 9.47 Å². The van der Waals surface area contributed by atoms with E-state index in [1.165, 1.54) is 0 Å². The molecule has 4 nitrogen and oxygen atoms in total. The molecule has 3 rings (SSSR count). The molecule has 2 aromatic heterocycles. The van der Waals surface area contributed by atoms with Crippen molar-refractivity contribution in [3.8, 4) is 17.4 Å². The van der Waals surface area contributed by atoms with Gasteiger partial charge in [0.15, 0.2) is 0 Å². The van der Waals surface area contributed by atoms with Gasteiger partial charge in [-0.2, -0.15) is 4.98 Å². The van der Waals surface area contributed by atoms with Crippen LogP contribution in [-0.4, -0.2) is 16.5 Å². The molecule has 0 radical (unpaired) electrons. The average Bonchev–Trinajstić information content (AvgIpc) is 2.82. The summed E-state index contributed by atoms with van der Waals surface area (Å²) in [4.78, 5) is 4.36. The van der Waals surface area contributed by atoms with E-state index in [0.717, 1.165) is 17.1 Å². The Balaban J connectivity index is 1.86. The van der Waals surface area contributed by atoms with Gasteiger partial charge in [0.1, 0.15) is 17.1 Å². The van der Waals surface area contributed by atoms with Crippen LogP contribution in [0.3, 0.4) is 0 Å². The highest BCUT2D eigenvalue weighted by Gasteiger charge is 2.03. The molecule has 0 aliphatic carbocycles. The molecule has 0 fully saturated rings. The monoisotopic (exact) mass is 240 g/mol. The fourth-order valence-electron chi connectivity index (χ4n) is 1.73. The summed E-state index contributed by atoms with van der Waals surface area (Å²) in [6.07, 6.45) is 3.78. The highest BCUT2D eigenvalue weighted by Crippen LogP contribution is 2.23. The van der Waals surface area contributed by atoms with Crippen molar-refractivity contribution in [2.24, 2.45) is 0 Å². The summed E-state index contributed by atoms with van der Waals surface area (Å²) < 4.78 is 12.7. The number of aromatic nitrogens is 2. The molecule has 4 heteroatoms. The van der Waals surface area contributed by atoms with Crippen LogP contribution in [-0.2, 0) is 0 Å². The van der Waals surface area contributed by atoms with Gasteiger partial charge in [-0.25, -0.2) is 0 Å². The standard InChI is InChI=1S/C14H12N2O2/c1-17-11-5-7-12(8-6-11)18-14-10-16-9-3-2-4-13(16)15-14/h2-10H,1H3. The van der Waals surface area contributed by atoms with Crippen molar-refractivity contribution >= 4 is 5.65 Å². The number of pyridine rings is 1. The zero-order valence-corrected chi connectivity index (χ0v) is 9.91. The van der Waals surface area contributed by atoms with E-state index >= 15 is 0 Å². The molecule has 0 atom stereocenters. The molecule has 18 heavy (non-hydrogen) atoms. The lowest BCUT2D eigenvalue weighted by Gasteiger charge is -2.02. The second-order valence-electron chi connectivity index (χ2n) is 3.82. The Kier molecular flexibility index (Phi) is 2.61. The predicted molar refractivity (Wildman–Crippen MR) is 68.3 cm³/mol. The second-order valence-corrected chi connectivity index (χ2v) is 3.82. The van der Waals surface area contributed by atoms with Crippen molar-refractivity contribution in [2.45, 2.75) is 0 Å². The van der Waals surface area contributed by atoms with Gasteiger partial charge in [0, 0.05) is 6.20 Å². The lowest BCUT2D eigenvalue weighted by molar-refractivity contribution is 0.412. The lowest BCUT2D eigenvalue weighted by atomic mass is 10.3. The van der Waals surface area contributed by atoms with Gasteiger partial charge in [0.05, 0.1) is 13.3 Å². The van der Waals surface area contributed by atoms with E-state index in [4.69, 9.17) is 9.47 Å². The van der Waals surface area contributed by atoms with Crippen LogP contribution < -0.4 is 9.47 Å². The van der Waals surface area contributed by atoms with Crippen molar-refractivity contribution in [3.63, 3.8) is 0 Å². The third-order valence-corrected chi connectivity index (χ3v) is 2.62. The fraction of sp³-hybridized carbons (Fsp3) is 0.0714. The molecule has 0 aliphatic heterocycles. The fourth-order valence-corrected chi connectivity index (χ4v) is 1.73. The Morgan fingerprint density at radius 3 is 2.50 bits per heavy atom. The van der Waals surface area contributed by atoms with Crippen LogP contribution >= 0.6 is 0 Å². The number of hydrogen-bond acceptors (Lipinski definition) is 3. The van der Waals surface area contributed by atoms with Gasteiger partial charge in [-0.1, -0.05) is 6.07 Å². The van der Waals surface area contributed by atoms with Gasteiger partial charge in [-0.05, 0) is 36.4 Å². The topological polar surface area (TPSA) is 35.8 Å². The maximum atomic E-state index is 5.68. The van der Waals surface area contributed by atoms with Crippen LogP contribution in [0.4, 0.5) is 0 Å². The average molecular weight is 240 g/mol. The molecule has 0 spiro atoms. The van der Waals surface area contributed by atoms with Crippen LogP contribution in [0.5, 0.6) is 17.4 Å². The van der Waals surface area contributed by atoms with Crippen LogP contribution in [0.2, 0.25) is 0 Å². The largest absolute Gasteiger partial charge is 0.497 e. The molecular formula is C14H12N2O2. The highest BCUT2D eigenvalue weighted by molar-refractivity contribution is 5.42. The first kappa shape index (κ1) is 10.7. The number of imidazole rings is 1. The summed E-state index contributed by atoms with van der Waals surface area (Å²) in [5.41, 5.74) is 0.862. The van der Waals surface area contributed by atoms with Crippen LogP contribution in [0.1, 0.15) is 0 Å². The van der Waals surface area contributed by atoms with Crippen molar-refractivity contribution in [1.29, 1.82) is 0 Å². The number of fused-ring (bicyclic) bond motifs is 1. The zero-order valence-electron chi connectivity index (χ0n) is 9.91. The third kappa shape index (κ3) is 2.00. The molecule has 0 amide bonds. The smallest absolute Gasteiger partial charge is 0.238 e. The first-order valence-electron chi connectivity index (χ1n) is 5.61. The minimum Gasteiger partial charge on any atom is -0.497 e. The normalized spacial score (nSPS) is 10.5. The Hall–Kier alpha value is -2.49. The van der Waals surface area contributed by atoms with Crippen molar-refractivity contribution in [1.82, 2.24) is 9.38 Å². The maximum absolute atomic E-state index is 5.68. The summed E-state index contributed by atoms with van der Waals surface area (Å²) >= 11 is 0. The second kappa shape index (κ2) is 4.41. The quantitative estimate of drug-likeness (QED) is 0.705. The van der Waals surface area contributed by atoms with Gasteiger partial charge < -0.3 is 13.9 Å². The summed E-state index contributed by atoms with van der Waals surface area (Å²) in [7, 11) is 1.64. The van der Waals surface area contributed by atoms with Gasteiger partial charge in [-0.15, -0.1) is 0 Å². The Bertz CT molecular complexity index is 626. The van der Waals surface area contributed by atoms with E-state index in [2.05, 4.69) is 4.98 Å². The van der Waals surface area contributed by atoms with Gasteiger partial charge >= 0.3 is 0 Å². The lowest BCUT2D eigenvalue weighted by Crippen LogP contribution is -1.85. The minimum atomic E-state index is 0.575. The van der Waals surface area contributed by atoms with E-state index in [9.17, 15) is 0 Å². The number of hydrogen-bond donors (Lipinski definition) is 0. The Morgan fingerprint density at radius 2 is 1.78 bits per heavy atom. The molecule has 3 aromatic rings. The number of nitrogens with zero attached hydrogens (tertiary/aromatic N) is 2. The van der Waals surface area contributed by atoms with Crippen LogP contribution in [0.25, 0.3) is 5.65 Å². The first-order chi connectivity index (χ1) is 8.85. The van der Waals surface area contributed by atoms with Crippen LogP contribution in [0, 0.1) is 0 Å². The SMILES string of the molecule is COc1ccc(Oc2cn3ccccc3n2)cc1. The summed E-state index contributed by atoms with van der Waals surface area (Å²) in [6.45, 7) is 0. The molecule has 2 heterocycles. The zero-order chi connectivity index (χ0) is 12.4. The molecule has 0 saturated carbocycles.